The van der Waals surface area contributed by atoms with Crippen LogP contribution in [0.5, 0.6) is 0 Å². The highest BCUT2D eigenvalue weighted by Gasteiger charge is 2.48. The number of fused-ring (bicyclic) bond motifs is 7. The number of thiophene rings is 1. The summed E-state index contributed by atoms with van der Waals surface area (Å²) in [6.07, 6.45) is 2.34. The summed E-state index contributed by atoms with van der Waals surface area (Å²) in [5.41, 5.74) is 22.8. The largest absolute Gasteiger partial charge is 0.311 e. The van der Waals surface area contributed by atoms with E-state index in [1.54, 1.807) is 0 Å². The lowest BCUT2D eigenvalue weighted by Gasteiger charge is -2.47. The Morgan fingerprint density at radius 2 is 1.04 bits per heavy atom. The predicted molar refractivity (Wildman–Crippen MR) is 296 cm³/mol. The molecule has 2 nitrogen and oxygen atoms in total. The third-order valence-corrected chi connectivity index (χ3v) is 17.0. The Kier molecular flexibility index (Phi) is 10.2. The van der Waals surface area contributed by atoms with Crippen molar-refractivity contribution in [1.82, 2.24) is 0 Å². The zero-order valence-corrected chi connectivity index (χ0v) is 44.5. The fraction of sp³-hybridized carbons (Fsp3) is 0.397. The van der Waals surface area contributed by atoms with Crippen molar-refractivity contribution >= 4 is 78.0 Å². The summed E-state index contributed by atoms with van der Waals surface area (Å²) in [5.74, 6) is 0. The van der Waals surface area contributed by atoms with Gasteiger partial charge in [-0.25, -0.2) is 0 Å². The Morgan fingerprint density at radius 3 is 1.63 bits per heavy atom. The minimum absolute atomic E-state index is 0.00408. The fourth-order valence-corrected chi connectivity index (χ4v) is 12.6. The first kappa shape index (κ1) is 45.7. The summed E-state index contributed by atoms with van der Waals surface area (Å²) in [6.45, 7) is 40.6. The first-order valence-electron chi connectivity index (χ1n) is 25.0. The number of rotatable bonds is 3. The molecule has 1 aromatic heterocycles. The molecule has 6 aromatic carbocycles. The zero-order chi connectivity index (χ0) is 48.1. The number of hydrogen-bond acceptors (Lipinski definition) is 3. The van der Waals surface area contributed by atoms with Crippen LogP contribution >= 0.6 is 11.3 Å². The molecule has 0 saturated carbocycles. The molecule has 0 amide bonds. The summed E-state index contributed by atoms with van der Waals surface area (Å²) in [5, 5.41) is 1.35. The number of hydrogen-bond donors (Lipinski definition) is 0. The van der Waals surface area contributed by atoms with Crippen molar-refractivity contribution in [3.05, 3.63) is 148 Å². The van der Waals surface area contributed by atoms with E-state index in [1.807, 2.05) is 11.3 Å². The topological polar surface area (TPSA) is 6.48 Å². The molecule has 0 spiro atoms. The minimum atomic E-state index is -0.0399. The number of anilines is 6. The third-order valence-electron chi connectivity index (χ3n) is 15.7. The van der Waals surface area contributed by atoms with Gasteiger partial charge in [-0.15, -0.1) is 11.3 Å². The summed E-state index contributed by atoms with van der Waals surface area (Å²) in [7, 11) is 0. The van der Waals surface area contributed by atoms with E-state index < -0.39 is 0 Å². The van der Waals surface area contributed by atoms with E-state index in [4.69, 9.17) is 0 Å². The monoisotopic (exact) mass is 901 g/mol. The van der Waals surface area contributed by atoms with Gasteiger partial charge in [0.2, 0.25) is 0 Å². The molecule has 1 aliphatic carbocycles. The van der Waals surface area contributed by atoms with Gasteiger partial charge >= 0.3 is 0 Å². The van der Waals surface area contributed by atoms with Crippen LogP contribution in [0.15, 0.2) is 109 Å². The molecule has 0 radical (unpaired) electrons. The summed E-state index contributed by atoms with van der Waals surface area (Å²) in [4.78, 5) is 5.41. The van der Waals surface area contributed by atoms with Crippen molar-refractivity contribution in [2.24, 2.45) is 0 Å². The molecule has 0 N–H and O–H groups in total. The molecule has 0 unspecified atom stereocenters. The van der Waals surface area contributed by atoms with Crippen LogP contribution in [-0.2, 0) is 32.5 Å². The van der Waals surface area contributed by atoms with Crippen molar-refractivity contribution in [1.29, 1.82) is 0 Å². The maximum absolute atomic E-state index is 2.71. The normalized spacial score (nSPS) is 16.5. The average molecular weight is 901 g/mol. The van der Waals surface area contributed by atoms with Crippen molar-refractivity contribution in [2.75, 3.05) is 9.80 Å². The second-order valence-electron chi connectivity index (χ2n) is 25.9. The lowest BCUT2D eigenvalue weighted by molar-refractivity contribution is 0.332. The van der Waals surface area contributed by atoms with E-state index in [9.17, 15) is 0 Å². The molecule has 0 atom stereocenters. The molecule has 344 valence electrons. The molecule has 4 heteroatoms. The first-order valence-corrected chi connectivity index (χ1v) is 25.8. The van der Waals surface area contributed by atoms with E-state index in [2.05, 4.69) is 237 Å². The Bertz CT molecular complexity index is 3100. The Morgan fingerprint density at radius 1 is 0.507 bits per heavy atom. The van der Waals surface area contributed by atoms with Crippen molar-refractivity contribution in [3.8, 4) is 11.1 Å². The molecule has 0 saturated heterocycles. The minimum Gasteiger partial charge on any atom is -0.311 e. The molecular formula is C63H73BN2S. The SMILES string of the molecule is Cc1cc2c3c(c1)N(c1cc(C(C)(C)C)cc(C(C)(C)C)c1)c1c(sc4ccc(C(C)(C)C)cc14)B3c1cc3c(cc1N2c1ccc(C(C)(C)C)cc1-c1ccccc1)C(C)(C)CCC3(C)C. The Hall–Kier alpha value is -5.06. The van der Waals surface area contributed by atoms with E-state index in [0.717, 1.165) is 0 Å². The van der Waals surface area contributed by atoms with Crippen LogP contribution in [0.1, 0.15) is 163 Å². The fourth-order valence-electron chi connectivity index (χ4n) is 11.3. The lowest BCUT2D eigenvalue weighted by Crippen LogP contribution is -2.61. The van der Waals surface area contributed by atoms with Crippen molar-refractivity contribution < 1.29 is 0 Å². The highest BCUT2D eigenvalue weighted by atomic mass is 32.1. The van der Waals surface area contributed by atoms with Gasteiger partial charge < -0.3 is 9.80 Å². The van der Waals surface area contributed by atoms with Crippen LogP contribution in [0.25, 0.3) is 21.2 Å². The Labute approximate surface area is 407 Å². The van der Waals surface area contributed by atoms with Gasteiger partial charge in [-0.2, -0.15) is 0 Å². The van der Waals surface area contributed by atoms with E-state index in [-0.39, 0.29) is 39.2 Å². The van der Waals surface area contributed by atoms with Crippen molar-refractivity contribution in [3.63, 3.8) is 0 Å². The molecule has 2 aliphatic heterocycles. The molecule has 7 aromatic rings. The first-order chi connectivity index (χ1) is 31.1. The average Bonchev–Trinajstić information content (AvgIpc) is 3.62. The molecule has 3 aliphatic rings. The Balaban J connectivity index is 1.38. The van der Waals surface area contributed by atoms with Gasteiger partial charge in [-0.05, 0) is 162 Å². The standard InChI is InChI=1S/C63H73BN2S/c1-38-29-52-55-53(30-38)66(50-25-23-40(58(2,3)4)34-45(50)39-21-19-18-20-22-39)51-37-48-47(62(14,15)27-28-63(48,16)17)36-49(51)64(55)57-56(46-35-41(59(5,6)7)24-26-54(46)67-57)65(52)44-32-42(60(8,9)10)31-43(33-44)61(11,12)13/h18-26,29-37H,27-28H2,1-17H3. The second-order valence-corrected chi connectivity index (χ2v) is 27.0. The molecule has 10 rings (SSSR count). The van der Waals surface area contributed by atoms with Crippen LogP contribution in [0, 0.1) is 6.92 Å². The summed E-state index contributed by atoms with van der Waals surface area (Å²) < 4.78 is 2.79. The molecule has 0 bridgehead atoms. The van der Waals surface area contributed by atoms with Crippen LogP contribution in [-0.4, -0.2) is 6.71 Å². The molecule has 3 heterocycles. The summed E-state index contributed by atoms with van der Waals surface area (Å²) in [6, 6.07) is 43.7. The smallest absolute Gasteiger partial charge is 0.264 e. The van der Waals surface area contributed by atoms with E-state index in [1.165, 1.54) is 123 Å². The lowest BCUT2D eigenvalue weighted by atomic mass is 9.35. The zero-order valence-electron chi connectivity index (χ0n) is 43.7. The molecule has 67 heavy (non-hydrogen) atoms. The van der Waals surface area contributed by atoms with Gasteiger partial charge in [0.1, 0.15) is 0 Å². The van der Waals surface area contributed by atoms with Gasteiger partial charge in [0, 0.05) is 43.2 Å². The van der Waals surface area contributed by atoms with Gasteiger partial charge in [0.25, 0.3) is 6.71 Å². The number of benzene rings is 6. The van der Waals surface area contributed by atoms with Crippen LogP contribution < -0.4 is 25.5 Å². The van der Waals surface area contributed by atoms with Gasteiger partial charge in [0.15, 0.2) is 0 Å². The van der Waals surface area contributed by atoms with E-state index >= 15 is 0 Å². The van der Waals surface area contributed by atoms with Gasteiger partial charge in [-0.1, -0.05) is 165 Å². The second kappa shape index (κ2) is 15.0. The van der Waals surface area contributed by atoms with Crippen LogP contribution in [0.4, 0.5) is 34.1 Å². The number of nitrogens with zero attached hydrogens (tertiary/aromatic N) is 2. The number of aryl methyl sites for hydroxylation is 1. The van der Waals surface area contributed by atoms with Crippen LogP contribution in [0.3, 0.4) is 0 Å². The van der Waals surface area contributed by atoms with Gasteiger partial charge in [-0.3, -0.25) is 0 Å². The highest BCUT2D eigenvalue weighted by Crippen LogP contribution is 2.54. The third kappa shape index (κ3) is 7.51. The van der Waals surface area contributed by atoms with E-state index in [0.29, 0.717) is 0 Å². The highest BCUT2D eigenvalue weighted by molar-refractivity contribution is 7.33. The van der Waals surface area contributed by atoms with Crippen molar-refractivity contribution in [2.45, 2.75) is 163 Å². The predicted octanol–water partition coefficient (Wildman–Crippen LogP) is 16.5. The summed E-state index contributed by atoms with van der Waals surface area (Å²) >= 11 is 2.02. The molecular weight excluding hydrogens is 828 g/mol. The maximum atomic E-state index is 2.71. The quantitative estimate of drug-likeness (QED) is 0.163. The maximum Gasteiger partial charge on any atom is 0.264 e. The molecule has 0 fully saturated rings. The van der Waals surface area contributed by atoms with Gasteiger partial charge in [0.05, 0.1) is 11.4 Å². The van der Waals surface area contributed by atoms with Crippen LogP contribution in [0.2, 0.25) is 0 Å².